The topological polar surface area (TPSA) is 95.7 Å². The normalized spacial score (nSPS) is 18.0. The van der Waals surface area contributed by atoms with Crippen molar-refractivity contribution in [1.29, 1.82) is 0 Å². The number of rotatable bonds is 5. The lowest BCUT2D eigenvalue weighted by Crippen LogP contribution is -2.41. The summed E-state index contributed by atoms with van der Waals surface area (Å²) in [6, 6.07) is 7.96. The van der Waals surface area contributed by atoms with Crippen LogP contribution in [0.1, 0.15) is 54.0 Å². The molecule has 1 aromatic carbocycles. The first-order valence-corrected chi connectivity index (χ1v) is 11.5. The molecule has 0 aliphatic carbocycles. The standard InChI is InChI=1S/C23H32BN3O4S/c1-21(2,3)29-20(28)26-13-17(24-30-22(4,5)23(6,7)31-24)12-15-8-10-16(11-9-15)18-14-32-19(25)27-18/h8-12,14H,13H2,1-7H3,(H2,25,27)(H,26,28). The Balaban J connectivity index is 1.83. The van der Waals surface area contributed by atoms with Gasteiger partial charge in [0, 0.05) is 17.5 Å². The van der Waals surface area contributed by atoms with Crippen LogP contribution in [0.5, 0.6) is 0 Å². The van der Waals surface area contributed by atoms with Gasteiger partial charge in [0.15, 0.2) is 5.13 Å². The van der Waals surface area contributed by atoms with E-state index in [0.717, 1.165) is 22.3 Å². The number of carbonyl (C=O) groups excluding carboxylic acids is 1. The van der Waals surface area contributed by atoms with Crippen LogP contribution in [0.2, 0.25) is 0 Å². The number of thiazole rings is 1. The average Bonchev–Trinajstić information content (AvgIpc) is 3.18. The Morgan fingerprint density at radius 2 is 1.78 bits per heavy atom. The number of hydrogen-bond donors (Lipinski definition) is 2. The summed E-state index contributed by atoms with van der Waals surface area (Å²) in [6.45, 7) is 13.7. The number of carbonyl (C=O) groups is 1. The van der Waals surface area contributed by atoms with Gasteiger partial charge in [0.25, 0.3) is 0 Å². The average molecular weight is 457 g/mol. The molecule has 0 atom stereocenters. The maximum absolute atomic E-state index is 12.2. The van der Waals surface area contributed by atoms with Crippen molar-refractivity contribution < 1.29 is 18.8 Å². The van der Waals surface area contributed by atoms with E-state index in [4.69, 9.17) is 19.8 Å². The van der Waals surface area contributed by atoms with E-state index in [1.54, 1.807) is 0 Å². The molecule has 1 saturated heterocycles. The van der Waals surface area contributed by atoms with Gasteiger partial charge in [0.2, 0.25) is 0 Å². The van der Waals surface area contributed by atoms with Crippen LogP contribution in [0.15, 0.2) is 35.1 Å². The Hall–Kier alpha value is -2.36. The third-order valence-corrected chi connectivity index (χ3v) is 6.15. The van der Waals surface area contributed by atoms with Crippen molar-refractivity contribution in [1.82, 2.24) is 10.3 Å². The largest absolute Gasteiger partial charge is 0.492 e. The zero-order valence-electron chi connectivity index (χ0n) is 19.8. The Labute approximate surface area is 194 Å². The van der Waals surface area contributed by atoms with Gasteiger partial charge in [-0.1, -0.05) is 30.3 Å². The predicted octanol–water partition coefficient (Wildman–Crippen LogP) is 4.93. The minimum atomic E-state index is -0.590. The fraction of sp³-hybridized carbons (Fsp3) is 0.478. The molecule has 1 amide bonds. The van der Waals surface area contributed by atoms with E-state index in [2.05, 4.69) is 10.3 Å². The molecule has 9 heteroatoms. The van der Waals surface area contributed by atoms with E-state index in [0.29, 0.717) is 5.13 Å². The Morgan fingerprint density at radius 1 is 1.19 bits per heavy atom. The van der Waals surface area contributed by atoms with E-state index in [1.807, 2.05) is 84.2 Å². The van der Waals surface area contributed by atoms with Crippen molar-refractivity contribution in [2.24, 2.45) is 0 Å². The number of amides is 1. The lowest BCUT2D eigenvalue weighted by Gasteiger charge is -2.32. The molecule has 7 nitrogen and oxygen atoms in total. The number of nitrogens with two attached hydrogens (primary N) is 1. The molecule has 2 aromatic rings. The minimum absolute atomic E-state index is 0.232. The number of benzene rings is 1. The van der Waals surface area contributed by atoms with Gasteiger partial charge in [-0.05, 0) is 59.5 Å². The molecule has 1 aliphatic rings. The molecule has 3 rings (SSSR count). The van der Waals surface area contributed by atoms with Crippen molar-refractivity contribution in [3.63, 3.8) is 0 Å². The van der Waals surface area contributed by atoms with Crippen LogP contribution < -0.4 is 11.1 Å². The summed E-state index contributed by atoms with van der Waals surface area (Å²) in [5.41, 5.74) is 7.77. The van der Waals surface area contributed by atoms with Gasteiger partial charge in [0.05, 0.1) is 16.9 Å². The fourth-order valence-corrected chi connectivity index (χ4v) is 3.64. The van der Waals surface area contributed by atoms with Crippen LogP contribution in [-0.4, -0.2) is 41.5 Å². The smallest absolute Gasteiger partial charge is 0.444 e. The summed E-state index contributed by atoms with van der Waals surface area (Å²) >= 11 is 1.41. The molecule has 0 bridgehead atoms. The van der Waals surface area contributed by atoms with E-state index >= 15 is 0 Å². The number of nitrogens with one attached hydrogen (secondary N) is 1. The second kappa shape index (κ2) is 8.88. The molecule has 172 valence electrons. The Morgan fingerprint density at radius 3 is 2.28 bits per heavy atom. The van der Waals surface area contributed by atoms with Crippen molar-refractivity contribution in [3.05, 3.63) is 40.7 Å². The molecule has 0 spiro atoms. The van der Waals surface area contributed by atoms with E-state index < -0.39 is 30.0 Å². The van der Waals surface area contributed by atoms with Gasteiger partial charge in [-0.25, -0.2) is 9.78 Å². The molecule has 3 N–H and O–H groups in total. The Bertz CT molecular complexity index is 977. The molecule has 0 radical (unpaired) electrons. The molecule has 0 unspecified atom stereocenters. The summed E-state index contributed by atoms with van der Waals surface area (Å²) in [6.07, 6.45) is 1.48. The summed E-state index contributed by atoms with van der Waals surface area (Å²) in [5.74, 6) is 0. The molecular weight excluding hydrogens is 425 g/mol. The van der Waals surface area contributed by atoms with Gasteiger partial charge in [-0.2, -0.15) is 0 Å². The highest BCUT2D eigenvalue weighted by Crippen LogP contribution is 2.38. The minimum Gasteiger partial charge on any atom is -0.444 e. The molecule has 2 heterocycles. The number of anilines is 1. The summed E-state index contributed by atoms with van der Waals surface area (Å²) in [5, 5.41) is 5.29. The van der Waals surface area contributed by atoms with Crippen LogP contribution in [0.4, 0.5) is 9.93 Å². The number of aromatic nitrogens is 1. The van der Waals surface area contributed by atoms with Crippen LogP contribution in [0.25, 0.3) is 17.3 Å². The van der Waals surface area contributed by atoms with Crippen molar-refractivity contribution in [3.8, 4) is 11.3 Å². The highest BCUT2D eigenvalue weighted by Gasteiger charge is 2.52. The van der Waals surface area contributed by atoms with Crippen molar-refractivity contribution >= 4 is 35.8 Å². The third kappa shape index (κ3) is 5.91. The van der Waals surface area contributed by atoms with E-state index in [-0.39, 0.29) is 6.54 Å². The van der Waals surface area contributed by atoms with Gasteiger partial charge in [-0.15, -0.1) is 11.3 Å². The summed E-state index contributed by atoms with van der Waals surface area (Å²) in [7, 11) is -0.590. The highest BCUT2D eigenvalue weighted by atomic mass is 32.1. The molecule has 0 saturated carbocycles. The number of ether oxygens (including phenoxy) is 1. The first-order chi connectivity index (χ1) is 14.8. The van der Waals surface area contributed by atoms with Crippen LogP contribution in [0, 0.1) is 0 Å². The molecule has 32 heavy (non-hydrogen) atoms. The zero-order chi connectivity index (χ0) is 23.7. The van der Waals surface area contributed by atoms with Gasteiger partial charge in [0.1, 0.15) is 5.60 Å². The predicted molar refractivity (Wildman–Crippen MR) is 130 cm³/mol. The lowest BCUT2D eigenvalue weighted by atomic mass is 9.77. The van der Waals surface area contributed by atoms with Gasteiger partial charge in [-0.3, -0.25) is 0 Å². The van der Waals surface area contributed by atoms with Crippen molar-refractivity contribution in [2.45, 2.75) is 65.3 Å². The fourth-order valence-electron chi connectivity index (χ4n) is 3.07. The second-order valence-electron chi connectivity index (χ2n) is 9.86. The molecular formula is C23H32BN3O4S. The van der Waals surface area contributed by atoms with Gasteiger partial charge < -0.3 is 25.1 Å². The molecule has 1 aromatic heterocycles. The van der Waals surface area contributed by atoms with Crippen LogP contribution in [0.3, 0.4) is 0 Å². The van der Waals surface area contributed by atoms with E-state index in [9.17, 15) is 4.79 Å². The summed E-state index contributed by atoms with van der Waals surface area (Å²) < 4.78 is 17.8. The maximum Gasteiger partial charge on any atom is 0.492 e. The molecule has 1 aliphatic heterocycles. The summed E-state index contributed by atoms with van der Waals surface area (Å²) in [4.78, 5) is 16.6. The maximum atomic E-state index is 12.2. The monoisotopic (exact) mass is 457 g/mol. The first kappa shape index (κ1) is 24.3. The Kier molecular flexibility index (Phi) is 6.74. The molecule has 1 fully saturated rings. The van der Waals surface area contributed by atoms with Crippen LogP contribution >= 0.6 is 11.3 Å². The third-order valence-electron chi connectivity index (χ3n) is 5.47. The van der Waals surface area contributed by atoms with Crippen LogP contribution in [-0.2, 0) is 14.0 Å². The number of nitrogen functional groups attached to an aromatic ring is 1. The van der Waals surface area contributed by atoms with Gasteiger partial charge >= 0.3 is 13.2 Å². The zero-order valence-corrected chi connectivity index (χ0v) is 20.6. The lowest BCUT2D eigenvalue weighted by molar-refractivity contribution is 0.00578. The number of hydrogen-bond acceptors (Lipinski definition) is 7. The van der Waals surface area contributed by atoms with Crippen molar-refractivity contribution in [2.75, 3.05) is 12.3 Å². The number of nitrogens with zero attached hydrogens (tertiary/aromatic N) is 1. The highest BCUT2D eigenvalue weighted by molar-refractivity contribution is 7.13. The van der Waals surface area contributed by atoms with E-state index in [1.165, 1.54) is 11.3 Å². The number of alkyl carbamates (subject to hydrolysis) is 1. The first-order valence-electron chi connectivity index (χ1n) is 10.6. The SMILES string of the molecule is CC(C)(C)OC(=O)NCC(=Cc1ccc(-c2csc(N)n2)cc1)B1OC(C)(C)C(C)(C)O1. The second-order valence-corrected chi connectivity index (χ2v) is 10.7. The quantitative estimate of drug-likeness (QED) is 0.618.